The summed E-state index contributed by atoms with van der Waals surface area (Å²) in [4.78, 5) is 8.76. The first kappa shape index (κ1) is 14.0. The van der Waals surface area contributed by atoms with Crippen LogP contribution in [0.3, 0.4) is 0 Å². The third-order valence-corrected chi connectivity index (χ3v) is 4.02. The summed E-state index contributed by atoms with van der Waals surface area (Å²) in [6, 6.07) is 2.18. The Morgan fingerprint density at radius 3 is 2.63 bits per heavy atom. The third-order valence-electron chi connectivity index (χ3n) is 4.02. The monoisotopic (exact) mass is 265 g/mol. The maximum atomic E-state index is 5.45. The lowest BCUT2D eigenvalue weighted by atomic mass is 9.64. The van der Waals surface area contributed by atoms with E-state index >= 15 is 0 Å². The van der Waals surface area contributed by atoms with Crippen LogP contribution in [0.5, 0.6) is 0 Å². The van der Waals surface area contributed by atoms with Crippen LogP contribution in [0.15, 0.2) is 6.07 Å². The standard InChI is InChI=1S/C13H23N5O/c1-5-10-16-11(7-12(17-10)18-14)15-8-6-9(19-4)13(8,2)3/h7-9H,5-6,14H2,1-4H3,(H2,15,16,17,18). The van der Waals surface area contributed by atoms with Gasteiger partial charge >= 0.3 is 0 Å². The van der Waals surface area contributed by atoms with Crippen molar-refractivity contribution in [2.75, 3.05) is 17.9 Å². The fourth-order valence-electron chi connectivity index (χ4n) is 2.51. The minimum atomic E-state index is 0.0996. The van der Waals surface area contributed by atoms with Crippen LogP contribution in [0.2, 0.25) is 0 Å². The van der Waals surface area contributed by atoms with Gasteiger partial charge in [-0.3, -0.25) is 0 Å². The van der Waals surface area contributed by atoms with Gasteiger partial charge in [-0.1, -0.05) is 20.8 Å². The Labute approximate surface area is 114 Å². The summed E-state index contributed by atoms with van der Waals surface area (Å²) in [6.07, 6.45) is 2.06. The van der Waals surface area contributed by atoms with E-state index < -0.39 is 0 Å². The van der Waals surface area contributed by atoms with Gasteiger partial charge in [0.15, 0.2) is 0 Å². The Hall–Kier alpha value is -1.40. The molecule has 0 saturated heterocycles. The van der Waals surface area contributed by atoms with Crippen LogP contribution in [0.1, 0.15) is 33.0 Å². The molecule has 19 heavy (non-hydrogen) atoms. The van der Waals surface area contributed by atoms with E-state index in [0.29, 0.717) is 18.0 Å². The predicted molar refractivity (Wildman–Crippen MR) is 75.8 cm³/mol. The van der Waals surface area contributed by atoms with Crippen LogP contribution in [-0.4, -0.2) is 29.2 Å². The molecule has 2 atom stereocenters. The first-order valence-corrected chi connectivity index (χ1v) is 6.65. The van der Waals surface area contributed by atoms with E-state index in [1.54, 1.807) is 7.11 Å². The largest absolute Gasteiger partial charge is 0.381 e. The molecule has 1 aliphatic carbocycles. The number of anilines is 2. The van der Waals surface area contributed by atoms with Crippen LogP contribution in [0, 0.1) is 5.41 Å². The number of nitrogens with one attached hydrogen (secondary N) is 2. The number of aromatic nitrogens is 2. The van der Waals surface area contributed by atoms with Gasteiger partial charge < -0.3 is 15.5 Å². The van der Waals surface area contributed by atoms with Gasteiger partial charge in [-0.15, -0.1) is 0 Å². The lowest BCUT2D eigenvalue weighted by Gasteiger charge is -2.51. The summed E-state index contributed by atoms with van der Waals surface area (Å²) in [5, 5.41) is 3.46. The van der Waals surface area contributed by atoms with Gasteiger partial charge in [0.25, 0.3) is 0 Å². The van der Waals surface area contributed by atoms with Crippen molar-refractivity contribution in [3.63, 3.8) is 0 Å². The number of ether oxygens (including phenoxy) is 1. The van der Waals surface area contributed by atoms with E-state index in [0.717, 1.165) is 24.5 Å². The molecule has 2 unspecified atom stereocenters. The van der Waals surface area contributed by atoms with E-state index in [9.17, 15) is 0 Å². The molecule has 106 valence electrons. The van der Waals surface area contributed by atoms with Crippen molar-refractivity contribution in [3.8, 4) is 0 Å². The average molecular weight is 265 g/mol. The van der Waals surface area contributed by atoms with Crippen molar-refractivity contribution in [2.24, 2.45) is 11.3 Å². The van der Waals surface area contributed by atoms with Gasteiger partial charge in [0.05, 0.1) is 6.10 Å². The van der Waals surface area contributed by atoms with E-state index in [-0.39, 0.29) is 5.41 Å². The highest BCUT2D eigenvalue weighted by molar-refractivity contribution is 5.48. The lowest BCUT2D eigenvalue weighted by Crippen LogP contribution is -2.57. The van der Waals surface area contributed by atoms with Crippen molar-refractivity contribution >= 4 is 11.6 Å². The van der Waals surface area contributed by atoms with Crippen LogP contribution >= 0.6 is 0 Å². The van der Waals surface area contributed by atoms with Gasteiger partial charge in [-0.25, -0.2) is 15.8 Å². The topological polar surface area (TPSA) is 85.1 Å². The van der Waals surface area contributed by atoms with Crippen LogP contribution in [0.25, 0.3) is 0 Å². The van der Waals surface area contributed by atoms with E-state index in [1.165, 1.54) is 0 Å². The van der Waals surface area contributed by atoms with E-state index in [1.807, 2.05) is 13.0 Å². The second-order valence-electron chi connectivity index (χ2n) is 5.53. The smallest absolute Gasteiger partial charge is 0.145 e. The number of hydrazine groups is 1. The maximum Gasteiger partial charge on any atom is 0.145 e. The number of hydrogen-bond donors (Lipinski definition) is 3. The normalized spacial score (nSPS) is 24.7. The molecule has 6 heteroatoms. The molecule has 6 nitrogen and oxygen atoms in total. The Morgan fingerprint density at radius 2 is 2.11 bits per heavy atom. The molecular weight excluding hydrogens is 242 g/mol. The summed E-state index contributed by atoms with van der Waals surface area (Å²) in [7, 11) is 1.76. The van der Waals surface area contributed by atoms with Gasteiger partial charge in [-0.05, 0) is 6.42 Å². The minimum absolute atomic E-state index is 0.0996. The van der Waals surface area contributed by atoms with E-state index in [2.05, 4.69) is 34.6 Å². The molecule has 1 saturated carbocycles. The average Bonchev–Trinajstić information content (AvgIpc) is 2.42. The van der Waals surface area contributed by atoms with Crippen molar-refractivity contribution < 1.29 is 4.74 Å². The maximum absolute atomic E-state index is 5.45. The second-order valence-corrected chi connectivity index (χ2v) is 5.53. The lowest BCUT2D eigenvalue weighted by molar-refractivity contribution is -0.0795. The van der Waals surface area contributed by atoms with Gasteiger partial charge in [0.2, 0.25) is 0 Å². The third kappa shape index (κ3) is 2.64. The molecule has 0 aromatic carbocycles. The number of nitrogen functional groups attached to an aromatic ring is 1. The molecule has 0 amide bonds. The summed E-state index contributed by atoms with van der Waals surface area (Å²) in [5.41, 5.74) is 2.68. The van der Waals surface area contributed by atoms with Crippen LogP contribution in [-0.2, 0) is 11.2 Å². The highest BCUT2D eigenvalue weighted by Gasteiger charge is 2.48. The summed E-state index contributed by atoms with van der Waals surface area (Å²) < 4.78 is 5.45. The number of hydrogen-bond acceptors (Lipinski definition) is 6. The number of rotatable bonds is 5. The highest BCUT2D eigenvalue weighted by atomic mass is 16.5. The first-order chi connectivity index (χ1) is 9.01. The van der Waals surface area contributed by atoms with Crippen molar-refractivity contribution in [1.82, 2.24) is 9.97 Å². The van der Waals surface area contributed by atoms with Gasteiger partial charge in [0, 0.05) is 31.1 Å². The number of methoxy groups -OCH3 is 1. The second kappa shape index (κ2) is 5.30. The van der Waals surface area contributed by atoms with Gasteiger partial charge in [0.1, 0.15) is 17.5 Å². The minimum Gasteiger partial charge on any atom is -0.381 e. The molecular formula is C13H23N5O. The molecule has 0 radical (unpaired) electrons. The molecule has 1 fully saturated rings. The summed E-state index contributed by atoms with van der Waals surface area (Å²) in [6.45, 7) is 6.42. The summed E-state index contributed by atoms with van der Waals surface area (Å²) in [5.74, 6) is 7.65. The molecule has 4 N–H and O–H groups in total. The fraction of sp³-hybridized carbons (Fsp3) is 0.692. The Bertz CT molecular complexity index is 426. The molecule has 0 spiro atoms. The van der Waals surface area contributed by atoms with Crippen molar-refractivity contribution in [2.45, 2.75) is 45.8 Å². The number of nitrogens with zero attached hydrogens (tertiary/aromatic N) is 2. The Morgan fingerprint density at radius 1 is 1.42 bits per heavy atom. The number of nitrogens with two attached hydrogens (primary N) is 1. The molecule has 1 aliphatic rings. The summed E-state index contributed by atoms with van der Waals surface area (Å²) >= 11 is 0. The Balaban J connectivity index is 2.12. The zero-order chi connectivity index (χ0) is 14.0. The molecule has 1 heterocycles. The highest BCUT2D eigenvalue weighted by Crippen LogP contribution is 2.43. The predicted octanol–water partition coefficient (Wildman–Crippen LogP) is 1.55. The molecule has 0 bridgehead atoms. The molecule has 1 aromatic rings. The number of aryl methyl sites for hydroxylation is 1. The van der Waals surface area contributed by atoms with Crippen molar-refractivity contribution in [3.05, 3.63) is 11.9 Å². The molecule has 0 aliphatic heterocycles. The fourth-order valence-corrected chi connectivity index (χ4v) is 2.51. The molecule has 2 rings (SSSR count). The van der Waals surface area contributed by atoms with Gasteiger partial charge in [-0.2, -0.15) is 0 Å². The van der Waals surface area contributed by atoms with Crippen LogP contribution in [0.4, 0.5) is 11.6 Å². The zero-order valence-electron chi connectivity index (χ0n) is 12.0. The SMILES string of the molecule is CCc1nc(NN)cc(NC2CC(OC)C2(C)C)n1. The van der Waals surface area contributed by atoms with Crippen LogP contribution < -0.4 is 16.6 Å². The zero-order valence-corrected chi connectivity index (χ0v) is 12.0. The van der Waals surface area contributed by atoms with Crippen molar-refractivity contribution in [1.29, 1.82) is 0 Å². The Kier molecular flexibility index (Phi) is 3.91. The van der Waals surface area contributed by atoms with E-state index in [4.69, 9.17) is 10.6 Å². The first-order valence-electron chi connectivity index (χ1n) is 6.65. The quantitative estimate of drug-likeness (QED) is 0.553. The molecule has 1 aromatic heterocycles.